The van der Waals surface area contributed by atoms with Crippen molar-refractivity contribution in [3.63, 3.8) is 0 Å². The standard InChI is InChI=1S/C11H19N5O2S/c1-11(12,9(17)18)6-2-3-7-19-10-13-14-15-16(10)8-4-5-8/h8H,2-7,12H2,1H3,(H,17,18). The molecule has 1 unspecified atom stereocenters. The first-order chi connectivity index (χ1) is 9.00. The zero-order chi connectivity index (χ0) is 13.9. The van der Waals surface area contributed by atoms with Crippen LogP contribution >= 0.6 is 11.8 Å². The van der Waals surface area contributed by atoms with Crippen molar-refractivity contribution in [2.24, 2.45) is 5.73 Å². The lowest BCUT2D eigenvalue weighted by atomic mass is 9.97. The summed E-state index contributed by atoms with van der Waals surface area (Å²) in [5.74, 6) is -0.0687. The average Bonchev–Trinajstić information content (AvgIpc) is 3.09. The number of carboxylic acids is 1. The van der Waals surface area contributed by atoms with E-state index in [1.54, 1.807) is 18.7 Å². The van der Waals surface area contributed by atoms with Crippen molar-refractivity contribution in [1.29, 1.82) is 0 Å². The highest BCUT2D eigenvalue weighted by molar-refractivity contribution is 7.99. The maximum atomic E-state index is 10.8. The van der Waals surface area contributed by atoms with Crippen molar-refractivity contribution in [3.05, 3.63) is 0 Å². The lowest BCUT2D eigenvalue weighted by molar-refractivity contribution is -0.142. The van der Waals surface area contributed by atoms with Crippen molar-refractivity contribution in [2.45, 2.75) is 55.8 Å². The molecule has 19 heavy (non-hydrogen) atoms. The highest BCUT2D eigenvalue weighted by Crippen LogP contribution is 2.36. The maximum absolute atomic E-state index is 10.8. The third-order valence-corrected chi connectivity index (χ3v) is 4.19. The summed E-state index contributed by atoms with van der Waals surface area (Å²) in [6.45, 7) is 1.55. The quantitative estimate of drug-likeness (QED) is 0.543. The zero-order valence-electron chi connectivity index (χ0n) is 10.9. The van der Waals surface area contributed by atoms with Gasteiger partial charge in [0.05, 0.1) is 6.04 Å². The molecule has 1 aliphatic rings. The number of rotatable bonds is 8. The number of aliphatic carboxylic acids is 1. The Kier molecular flexibility index (Phi) is 4.41. The smallest absolute Gasteiger partial charge is 0.323 e. The molecule has 1 atom stereocenters. The van der Waals surface area contributed by atoms with Gasteiger partial charge in [0.25, 0.3) is 0 Å². The summed E-state index contributed by atoms with van der Waals surface area (Å²) in [5, 5.41) is 21.4. The highest BCUT2D eigenvalue weighted by Gasteiger charge is 2.28. The number of unbranched alkanes of at least 4 members (excludes halogenated alkanes) is 1. The third-order valence-electron chi connectivity index (χ3n) is 3.17. The molecule has 0 amide bonds. The van der Waals surface area contributed by atoms with Crippen LogP contribution < -0.4 is 5.73 Å². The van der Waals surface area contributed by atoms with E-state index >= 15 is 0 Å². The molecule has 8 heteroatoms. The fraction of sp³-hybridized carbons (Fsp3) is 0.818. The van der Waals surface area contributed by atoms with E-state index in [-0.39, 0.29) is 0 Å². The number of carbonyl (C=O) groups is 1. The van der Waals surface area contributed by atoms with Gasteiger partial charge >= 0.3 is 5.97 Å². The van der Waals surface area contributed by atoms with Gasteiger partial charge in [-0.25, -0.2) is 4.68 Å². The van der Waals surface area contributed by atoms with E-state index in [1.807, 2.05) is 4.68 Å². The maximum Gasteiger partial charge on any atom is 0.323 e. The van der Waals surface area contributed by atoms with Gasteiger partial charge in [-0.1, -0.05) is 18.2 Å². The molecule has 106 valence electrons. The first kappa shape index (κ1) is 14.3. The van der Waals surface area contributed by atoms with E-state index in [0.717, 1.165) is 36.6 Å². The Morgan fingerprint density at radius 2 is 2.32 bits per heavy atom. The minimum absolute atomic E-state index is 0.483. The highest BCUT2D eigenvalue weighted by atomic mass is 32.2. The van der Waals surface area contributed by atoms with E-state index in [4.69, 9.17) is 10.8 Å². The van der Waals surface area contributed by atoms with Gasteiger partial charge in [-0.15, -0.1) is 5.10 Å². The molecule has 0 radical (unpaired) electrons. The lowest BCUT2D eigenvalue weighted by Gasteiger charge is -2.18. The van der Waals surface area contributed by atoms with Crippen molar-refractivity contribution in [1.82, 2.24) is 20.2 Å². The molecule has 0 spiro atoms. The Balaban J connectivity index is 1.67. The first-order valence-electron chi connectivity index (χ1n) is 6.43. The van der Waals surface area contributed by atoms with Crippen LogP contribution in [0.15, 0.2) is 5.16 Å². The second kappa shape index (κ2) is 5.87. The fourth-order valence-corrected chi connectivity index (χ4v) is 2.64. The molecule has 1 aromatic heterocycles. The van der Waals surface area contributed by atoms with Crippen LogP contribution in [0.1, 0.15) is 45.1 Å². The topological polar surface area (TPSA) is 107 Å². The monoisotopic (exact) mass is 285 g/mol. The van der Waals surface area contributed by atoms with Gasteiger partial charge in [-0.05, 0) is 43.0 Å². The van der Waals surface area contributed by atoms with Gasteiger partial charge in [0.2, 0.25) is 5.16 Å². The largest absolute Gasteiger partial charge is 0.480 e. The molecule has 3 N–H and O–H groups in total. The van der Waals surface area contributed by atoms with E-state index in [1.165, 1.54) is 0 Å². The van der Waals surface area contributed by atoms with Crippen molar-refractivity contribution in [3.8, 4) is 0 Å². The second-order valence-electron chi connectivity index (χ2n) is 5.17. The first-order valence-corrected chi connectivity index (χ1v) is 7.42. The van der Waals surface area contributed by atoms with Crippen LogP contribution in [0.4, 0.5) is 0 Å². The number of carboxylic acid groups (broad SMARTS) is 1. The lowest BCUT2D eigenvalue weighted by Crippen LogP contribution is -2.44. The predicted octanol–water partition coefficient (Wildman–Crippen LogP) is 1.07. The Bertz CT molecular complexity index is 444. The van der Waals surface area contributed by atoms with E-state index in [9.17, 15) is 4.79 Å². The van der Waals surface area contributed by atoms with Gasteiger partial charge in [0.1, 0.15) is 5.54 Å². The molecule has 1 aromatic rings. The van der Waals surface area contributed by atoms with Crippen molar-refractivity contribution in [2.75, 3.05) is 5.75 Å². The Labute approximate surface area is 115 Å². The molecule has 0 saturated heterocycles. The van der Waals surface area contributed by atoms with Gasteiger partial charge in [0, 0.05) is 5.75 Å². The summed E-state index contributed by atoms with van der Waals surface area (Å²) in [7, 11) is 0. The Morgan fingerprint density at radius 3 is 2.95 bits per heavy atom. The van der Waals surface area contributed by atoms with Crippen LogP contribution in [0.3, 0.4) is 0 Å². The molecular formula is C11H19N5O2S. The molecule has 0 aromatic carbocycles. The molecule has 2 rings (SSSR count). The molecule has 1 heterocycles. The number of aromatic nitrogens is 4. The number of nitrogens with two attached hydrogens (primary N) is 1. The third kappa shape index (κ3) is 3.90. The summed E-state index contributed by atoms with van der Waals surface area (Å²) in [5.41, 5.74) is 4.54. The summed E-state index contributed by atoms with van der Waals surface area (Å²) < 4.78 is 1.88. The van der Waals surface area contributed by atoms with Crippen molar-refractivity contribution >= 4 is 17.7 Å². The van der Waals surface area contributed by atoms with Crippen LogP contribution in [0.2, 0.25) is 0 Å². The van der Waals surface area contributed by atoms with Gasteiger partial charge in [-0.3, -0.25) is 4.79 Å². The SMILES string of the molecule is CC(N)(CCCCSc1nnnn1C1CC1)C(=O)O. The summed E-state index contributed by atoms with van der Waals surface area (Å²) in [4.78, 5) is 10.8. The van der Waals surface area contributed by atoms with Crippen LogP contribution in [0, 0.1) is 0 Å². The minimum atomic E-state index is -1.12. The van der Waals surface area contributed by atoms with Crippen molar-refractivity contribution < 1.29 is 9.90 Å². The van der Waals surface area contributed by atoms with E-state index in [2.05, 4.69) is 15.5 Å². The normalized spacial score (nSPS) is 18.2. The number of nitrogens with zero attached hydrogens (tertiary/aromatic N) is 4. The number of tetrazole rings is 1. The van der Waals surface area contributed by atoms with Crippen LogP contribution in [0.25, 0.3) is 0 Å². The predicted molar refractivity (Wildman–Crippen MR) is 70.9 cm³/mol. The number of thioether (sulfide) groups is 1. The molecular weight excluding hydrogens is 266 g/mol. The fourth-order valence-electron chi connectivity index (χ4n) is 1.69. The summed E-state index contributed by atoms with van der Waals surface area (Å²) in [6.07, 6.45) is 4.49. The van der Waals surface area contributed by atoms with Crippen LogP contribution in [-0.4, -0.2) is 42.6 Å². The molecule has 0 bridgehead atoms. The number of hydrogen-bond acceptors (Lipinski definition) is 6. The van der Waals surface area contributed by atoms with Crippen LogP contribution in [0.5, 0.6) is 0 Å². The second-order valence-corrected chi connectivity index (χ2v) is 6.23. The zero-order valence-corrected chi connectivity index (χ0v) is 11.8. The van der Waals surface area contributed by atoms with Gasteiger partial charge in [-0.2, -0.15) is 0 Å². The molecule has 1 aliphatic carbocycles. The molecule has 1 fully saturated rings. The summed E-state index contributed by atoms with van der Waals surface area (Å²) in [6, 6.07) is 0.483. The van der Waals surface area contributed by atoms with E-state index < -0.39 is 11.5 Å². The van der Waals surface area contributed by atoms with Gasteiger partial charge < -0.3 is 10.8 Å². The average molecular weight is 285 g/mol. The van der Waals surface area contributed by atoms with Gasteiger partial charge in [0.15, 0.2) is 0 Å². The Hall–Kier alpha value is -1.15. The minimum Gasteiger partial charge on any atom is -0.480 e. The molecule has 0 aliphatic heterocycles. The van der Waals surface area contributed by atoms with E-state index in [0.29, 0.717) is 12.5 Å². The Morgan fingerprint density at radius 1 is 1.58 bits per heavy atom. The number of hydrogen-bond donors (Lipinski definition) is 2. The summed E-state index contributed by atoms with van der Waals surface area (Å²) >= 11 is 1.62. The molecule has 1 saturated carbocycles. The molecule has 7 nitrogen and oxygen atoms in total. The van der Waals surface area contributed by atoms with Crippen LogP contribution in [-0.2, 0) is 4.79 Å².